The molecule has 3 rings (SSSR count). The van der Waals surface area contributed by atoms with Crippen LogP contribution in [0.3, 0.4) is 0 Å². The topological polar surface area (TPSA) is 18.5 Å². The van der Waals surface area contributed by atoms with Crippen LogP contribution in [-0.2, 0) is 8.85 Å². The van der Waals surface area contributed by atoms with Gasteiger partial charge in [-0.25, -0.2) is 0 Å². The zero-order valence-corrected chi connectivity index (χ0v) is 17.2. The predicted octanol–water partition coefficient (Wildman–Crippen LogP) is 6.56. The van der Waals surface area contributed by atoms with Crippen molar-refractivity contribution >= 4 is 8.56 Å². The summed E-state index contributed by atoms with van der Waals surface area (Å²) in [7, 11) is -2.53. The Balaban J connectivity index is 2.12. The van der Waals surface area contributed by atoms with Crippen molar-refractivity contribution < 1.29 is 8.85 Å². The van der Waals surface area contributed by atoms with Gasteiger partial charge in [0.2, 0.25) is 0 Å². The van der Waals surface area contributed by atoms with E-state index in [2.05, 4.69) is 102 Å². The van der Waals surface area contributed by atoms with Crippen molar-refractivity contribution in [1.82, 2.24) is 0 Å². The molecule has 0 aromatic heterocycles. The molecule has 0 unspecified atom stereocenters. The van der Waals surface area contributed by atoms with Crippen LogP contribution >= 0.6 is 0 Å². The zero-order valence-electron chi connectivity index (χ0n) is 16.2. The summed E-state index contributed by atoms with van der Waals surface area (Å²) in [6.45, 7) is 13.6. The van der Waals surface area contributed by atoms with Gasteiger partial charge in [-0.3, -0.25) is 0 Å². The molecule has 1 fully saturated rings. The monoisotopic (exact) mass is 354 g/mol. The van der Waals surface area contributed by atoms with E-state index in [-0.39, 0.29) is 22.3 Å². The summed E-state index contributed by atoms with van der Waals surface area (Å²) in [4.78, 5) is 0. The van der Waals surface area contributed by atoms with Gasteiger partial charge in [0.05, 0.1) is 0 Å². The predicted molar refractivity (Wildman–Crippen MR) is 106 cm³/mol. The van der Waals surface area contributed by atoms with Crippen LogP contribution < -0.4 is 0 Å². The van der Waals surface area contributed by atoms with Crippen molar-refractivity contribution in [3.8, 4) is 0 Å². The van der Waals surface area contributed by atoms with Crippen molar-refractivity contribution in [2.75, 3.05) is 0 Å². The second-order valence-electron chi connectivity index (χ2n) is 9.01. The fourth-order valence-corrected chi connectivity index (χ4v) is 9.07. The largest absolute Gasteiger partial charge is 0.383 e. The minimum Gasteiger partial charge on any atom is -0.383 e. The number of benzene rings is 2. The molecular formula is C22H30O2Si. The summed E-state index contributed by atoms with van der Waals surface area (Å²) >= 11 is 0. The Morgan fingerprint density at radius 1 is 0.600 bits per heavy atom. The fourth-order valence-electron chi connectivity index (χ4n) is 4.11. The number of rotatable bonds is 2. The van der Waals surface area contributed by atoms with E-state index in [0.29, 0.717) is 0 Å². The van der Waals surface area contributed by atoms with Crippen molar-refractivity contribution in [2.45, 2.75) is 63.8 Å². The summed E-state index contributed by atoms with van der Waals surface area (Å²) in [6, 6.07) is 21.0. The first-order valence-corrected chi connectivity index (χ1v) is 10.9. The normalized spacial score (nSPS) is 23.6. The van der Waals surface area contributed by atoms with E-state index in [1.54, 1.807) is 0 Å². The summed E-state index contributed by atoms with van der Waals surface area (Å²) < 4.78 is 13.9. The van der Waals surface area contributed by atoms with E-state index in [9.17, 15) is 0 Å². The fraction of sp³-hybridized carbons (Fsp3) is 0.455. The lowest BCUT2D eigenvalue weighted by molar-refractivity contribution is 0.159. The SMILES string of the molecule is CC(C)(C)[Si]1(C(C)(C)C)O[C@H](c2ccccc2)[C@H](c2ccccc2)O1. The van der Waals surface area contributed by atoms with E-state index in [4.69, 9.17) is 8.85 Å². The molecule has 3 heteroatoms. The molecular weight excluding hydrogens is 324 g/mol. The quantitative estimate of drug-likeness (QED) is 0.569. The molecule has 1 aliphatic rings. The minimum absolute atomic E-state index is 0.0260. The van der Waals surface area contributed by atoms with Crippen molar-refractivity contribution in [3.63, 3.8) is 0 Å². The summed E-state index contributed by atoms with van der Waals surface area (Å²) in [6.07, 6.45) is -0.123. The molecule has 2 aromatic rings. The lowest BCUT2D eigenvalue weighted by Crippen LogP contribution is -2.53. The van der Waals surface area contributed by atoms with Gasteiger partial charge >= 0.3 is 8.56 Å². The Labute approximate surface area is 153 Å². The molecule has 0 aliphatic carbocycles. The molecule has 1 saturated heterocycles. The Morgan fingerprint density at radius 2 is 0.920 bits per heavy atom. The molecule has 2 atom stereocenters. The maximum absolute atomic E-state index is 6.95. The smallest absolute Gasteiger partial charge is 0.350 e. The first kappa shape index (κ1) is 18.4. The Kier molecular flexibility index (Phi) is 4.69. The lowest BCUT2D eigenvalue weighted by atomic mass is 9.99. The highest BCUT2D eigenvalue weighted by Crippen LogP contribution is 2.61. The summed E-state index contributed by atoms with van der Waals surface area (Å²) in [5.74, 6) is 0. The van der Waals surface area contributed by atoms with E-state index >= 15 is 0 Å². The molecule has 0 spiro atoms. The van der Waals surface area contributed by atoms with Crippen LogP contribution in [0.1, 0.15) is 64.9 Å². The van der Waals surface area contributed by atoms with Gasteiger partial charge in [-0.2, -0.15) is 0 Å². The average molecular weight is 355 g/mol. The Hall–Kier alpha value is -1.42. The molecule has 0 saturated carbocycles. The Bertz CT molecular complexity index is 635. The molecule has 1 aliphatic heterocycles. The second-order valence-corrected chi connectivity index (χ2v) is 13.7. The first-order valence-electron chi connectivity index (χ1n) is 9.11. The van der Waals surface area contributed by atoms with Crippen molar-refractivity contribution in [1.29, 1.82) is 0 Å². The lowest BCUT2D eigenvalue weighted by Gasteiger charge is -2.45. The third-order valence-electron chi connectivity index (χ3n) is 5.09. The third kappa shape index (κ3) is 3.21. The van der Waals surface area contributed by atoms with Gasteiger partial charge in [0, 0.05) is 10.1 Å². The van der Waals surface area contributed by atoms with Gasteiger partial charge in [0.1, 0.15) is 12.2 Å². The van der Waals surface area contributed by atoms with Crippen LogP contribution in [0.15, 0.2) is 60.7 Å². The van der Waals surface area contributed by atoms with E-state index in [1.165, 1.54) is 11.1 Å². The van der Waals surface area contributed by atoms with Gasteiger partial charge in [0.25, 0.3) is 0 Å². The van der Waals surface area contributed by atoms with Gasteiger partial charge in [-0.05, 0) is 11.1 Å². The molecule has 134 valence electrons. The molecule has 2 nitrogen and oxygen atoms in total. The van der Waals surface area contributed by atoms with Gasteiger partial charge < -0.3 is 8.85 Å². The molecule has 2 aromatic carbocycles. The molecule has 1 heterocycles. The van der Waals surface area contributed by atoms with Crippen LogP contribution in [-0.4, -0.2) is 8.56 Å². The van der Waals surface area contributed by atoms with Gasteiger partial charge in [0.15, 0.2) is 0 Å². The van der Waals surface area contributed by atoms with Crippen LogP contribution in [0.4, 0.5) is 0 Å². The first-order chi connectivity index (χ1) is 11.7. The highest BCUT2D eigenvalue weighted by molar-refractivity contribution is 6.74. The maximum Gasteiger partial charge on any atom is 0.350 e. The van der Waals surface area contributed by atoms with Crippen LogP contribution in [0.5, 0.6) is 0 Å². The molecule has 0 radical (unpaired) electrons. The van der Waals surface area contributed by atoms with Gasteiger partial charge in [-0.15, -0.1) is 0 Å². The summed E-state index contributed by atoms with van der Waals surface area (Å²) in [5.41, 5.74) is 2.39. The van der Waals surface area contributed by atoms with E-state index in [0.717, 1.165) is 0 Å². The van der Waals surface area contributed by atoms with Crippen LogP contribution in [0.2, 0.25) is 10.1 Å². The van der Waals surface area contributed by atoms with Crippen molar-refractivity contribution in [3.05, 3.63) is 71.8 Å². The molecule has 25 heavy (non-hydrogen) atoms. The van der Waals surface area contributed by atoms with Crippen molar-refractivity contribution in [2.24, 2.45) is 0 Å². The molecule has 0 amide bonds. The average Bonchev–Trinajstić information content (AvgIpc) is 2.98. The highest BCUT2D eigenvalue weighted by atomic mass is 28.4. The number of hydrogen-bond acceptors (Lipinski definition) is 2. The standard InChI is InChI=1S/C22H30O2Si/c1-21(2,3)25(22(4,5)6)23-19(17-13-9-7-10-14-17)20(24-25)18-15-11-8-12-16-18/h7-16,19-20H,1-6H3/t19-,20+. The summed E-state index contributed by atoms with van der Waals surface area (Å²) in [5, 5.41) is -0.0520. The molecule has 0 N–H and O–H groups in total. The van der Waals surface area contributed by atoms with Crippen LogP contribution in [0, 0.1) is 0 Å². The van der Waals surface area contributed by atoms with E-state index < -0.39 is 8.56 Å². The van der Waals surface area contributed by atoms with Gasteiger partial charge in [-0.1, -0.05) is 102 Å². The third-order valence-corrected chi connectivity index (χ3v) is 10.2. The second kappa shape index (κ2) is 6.38. The zero-order chi connectivity index (χ0) is 18.3. The van der Waals surface area contributed by atoms with Crippen LogP contribution in [0.25, 0.3) is 0 Å². The van der Waals surface area contributed by atoms with E-state index in [1.807, 2.05) is 0 Å². The highest BCUT2D eigenvalue weighted by Gasteiger charge is 2.65. The Morgan fingerprint density at radius 3 is 1.20 bits per heavy atom. The minimum atomic E-state index is -2.53. The maximum atomic E-state index is 6.95. The number of hydrogen-bond donors (Lipinski definition) is 0. The molecule has 0 bridgehead atoms.